The molecule has 0 N–H and O–H groups in total. The van der Waals surface area contributed by atoms with Gasteiger partial charge >= 0.3 is 0 Å². The van der Waals surface area contributed by atoms with Gasteiger partial charge in [-0.25, -0.2) is 0 Å². The van der Waals surface area contributed by atoms with E-state index in [9.17, 15) is 4.57 Å². The van der Waals surface area contributed by atoms with Gasteiger partial charge in [0, 0.05) is 18.5 Å². The first-order chi connectivity index (χ1) is 10.5. The van der Waals surface area contributed by atoms with Crippen LogP contribution in [0.4, 0.5) is 0 Å². The molecule has 0 spiro atoms. The van der Waals surface area contributed by atoms with Gasteiger partial charge in [0.15, 0.2) is 0 Å². The van der Waals surface area contributed by atoms with Crippen molar-refractivity contribution >= 4 is 18.2 Å². The van der Waals surface area contributed by atoms with E-state index in [-0.39, 0.29) is 0 Å². The van der Waals surface area contributed by atoms with E-state index in [2.05, 4.69) is 9.97 Å². The average Bonchev–Trinajstić information content (AvgIpc) is 2.54. The predicted molar refractivity (Wildman–Crippen MR) is 85.3 cm³/mol. The summed E-state index contributed by atoms with van der Waals surface area (Å²) in [7, 11) is -3.47. The lowest BCUT2D eigenvalue weighted by atomic mass is 10.1. The van der Waals surface area contributed by atoms with E-state index in [0.717, 1.165) is 0 Å². The van der Waals surface area contributed by atoms with E-state index in [1.54, 1.807) is 68.7 Å². The summed E-state index contributed by atoms with van der Waals surface area (Å²) in [6.07, 6.45) is 5.99. The van der Waals surface area contributed by atoms with Gasteiger partial charge in [-0.15, -0.1) is 0 Å². The zero-order chi connectivity index (χ0) is 16.1. The first-order valence-electron chi connectivity index (χ1n) is 6.69. The first kappa shape index (κ1) is 16.1. The summed E-state index contributed by atoms with van der Waals surface area (Å²) < 4.78 is 19.4. The Morgan fingerprint density at radius 2 is 1.68 bits per heavy atom. The standard InChI is InChI=1S/C16H16N3O2P/c1-16(2,10-7-11-17)21-22(20,14-8-3-5-12-18-14)15-9-4-6-13-19-15/h3-10,12-13H,1-2H3/b10-7+. The van der Waals surface area contributed by atoms with Gasteiger partial charge in [0.25, 0.3) is 7.37 Å². The first-order valence-corrected chi connectivity index (χ1v) is 8.32. The van der Waals surface area contributed by atoms with Crippen molar-refractivity contribution in [2.24, 2.45) is 0 Å². The predicted octanol–water partition coefficient (Wildman–Crippen LogP) is 2.58. The Morgan fingerprint density at radius 3 is 2.09 bits per heavy atom. The number of hydrogen-bond donors (Lipinski definition) is 0. The quantitative estimate of drug-likeness (QED) is 0.626. The van der Waals surface area contributed by atoms with Gasteiger partial charge in [-0.3, -0.25) is 14.5 Å². The van der Waals surface area contributed by atoms with E-state index in [1.807, 2.05) is 6.07 Å². The molecule has 0 bridgehead atoms. The molecule has 2 rings (SSSR count). The molecule has 0 aliphatic rings. The van der Waals surface area contributed by atoms with Crippen molar-refractivity contribution < 1.29 is 9.09 Å². The van der Waals surface area contributed by atoms with Crippen LogP contribution >= 0.6 is 7.37 Å². The Bertz CT molecular complexity index is 693. The van der Waals surface area contributed by atoms with Crippen LogP contribution in [0.2, 0.25) is 0 Å². The van der Waals surface area contributed by atoms with Crippen LogP contribution in [-0.2, 0) is 9.09 Å². The van der Waals surface area contributed by atoms with Gasteiger partial charge in [-0.1, -0.05) is 12.1 Å². The Morgan fingerprint density at radius 1 is 1.14 bits per heavy atom. The van der Waals surface area contributed by atoms with Crippen molar-refractivity contribution in [3.63, 3.8) is 0 Å². The molecule has 2 aromatic rings. The van der Waals surface area contributed by atoms with Gasteiger partial charge in [0.2, 0.25) is 0 Å². The van der Waals surface area contributed by atoms with Gasteiger partial charge in [-0.2, -0.15) is 5.26 Å². The van der Waals surface area contributed by atoms with Crippen molar-refractivity contribution in [3.8, 4) is 6.07 Å². The van der Waals surface area contributed by atoms with Crippen molar-refractivity contribution in [2.75, 3.05) is 0 Å². The molecule has 0 fully saturated rings. The smallest absolute Gasteiger partial charge is 0.297 e. The largest absolute Gasteiger partial charge is 0.310 e. The molecule has 0 radical (unpaired) electrons. The van der Waals surface area contributed by atoms with Crippen molar-refractivity contribution in [1.82, 2.24) is 9.97 Å². The summed E-state index contributed by atoms with van der Waals surface area (Å²) in [5.74, 6) is 0. The third-order valence-corrected chi connectivity index (χ3v) is 5.29. The number of allylic oxidation sites excluding steroid dienone is 1. The molecular formula is C16H16N3O2P. The molecule has 22 heavy (non-hydrogen) atoms. The Balaban J connectivity index is 2.51. The molecule has 0 saturated carbocycles. The van der Waals surface area contributed by atoms with Crippen LogP contribution in [0, 0.1) is 11.3 Å². The second-order valence-corrected chi connectivity index (χ2v) is 7.29. The molecule has 0 unspecified atom stereocenters. The minimum atomic E-state index is -3.47. The average molecular weight is 313 g/mol. The van der Waals surface area contributed by atoms with Gasteiger partial charge in [0.05, 0.1) is 11.7 Å². The van der Waals surface area contributed by atoms with Crippen LogP contribution < -0.4 is 10.9 Å². The third-order valence-electron chi connectivity index (χ3n) is 2.82. The Hall–Kier alpha value is -2.28. The van der Waals surface area contributed by atoms with Crippen molar-refractivity contribution in [2.45, 2.75) is 19.4 Å². The highest BCUT2D eigenvalue weighted by molar-refractivity contribution is 7.73. The van der Waals surface area contributed by atoms with E-state index < -0.39 is 13.0 Å². The molecule has 0 aliphatic heterocycles. The lowest BCUT2D eigenvalue weighted by molar-refractivity contribution is 0.172. The molecule has 6 heteroatoms. The van der Waals surface area contributed by atoms with Crippen LogP contribution in [0.1, 0.15) is 13.8 Å². The fourth-order valence-corrected chi connectivity index (χ4v) is 4.01. The molecule has 2 aromatic heterocycles. The second-order valence-electron chi connectivity index (χ2n) is 5.08. The summed E-state index contributed by atoms with van der Waals surface area (Å²) in [5.41, 5.74) is -0.250. The second kappa shape index (κ2) is 6.65. The maximum Gasteiger partial charge on any atom is 0.297 e. The van der Waals surface area contributed by atoms with Crippen LogP contribution in [0.15, 0.2) is 60.9 Å². The summed E-state index contributed by atoms with van der Waals surface area (Å²) >= 11 is 0. The maximum absolute atomic E-state index is 13.5. The molecular weight excluding hydrogens is 297 g/mol. The fraction of sp³-hybridized carbons (Fsp3) is 0.188. The lowest BCUT2D eigenvalue weighted by Crippen LogP contribution is -2.30. The maximum atomic E-state index is 13.5. The monoisotopic (exact) mass is 313 g/mol. The number of aromatic nitrogens is 2. The zero-order valence-electron chi connectivity index (χ0n) is 12.4. The van der Waals surface area contributed by atoms with Gasteiger partial charge in [0.1, 0.15) is 10.9 Å². The highest BCUT2D eigenvalue weighted by atomic mass is 31.2. The normalized spacial score (nSPS) is 12.2. The zero-order valence-corrected chi connectivity index (χ0v) is 13.3. The summed E-state index contributed by atoms with van der Waals surface area (Å²) in [4.78, 5) is 8.35. The number of nitriles is 1. The van der Waals surface area contributed by atoms with Crippen LogP contribution in [-0.4, -0.2) is 15.6 Å². The number of pyridine rings is 2. The van der Waals surface area contributed by atoms with E-state index >= 15 is 0 Å². The summed E-state index contributed by atoms with van der Waals surface area (Å²) in [6, 6.07) is 12.2. The summed E-state index contributed by atoms with van der Waals surface area (Å²) in [5, 5.41) is 8.68. The topological polar surface area (TPSA) is 75.9 Å². The molecule has 0 saturated heterocycles. The summed E-state index contributed by atoms with van der Waals surface area (Å²) in [6.45, 7) is 3.47. The highest BCUT2D eigenvalue weighted by Gasteiger charge is 2.36. The van der Waals surface area contributed by atoms with Crippen molar-refractivity contribution in [1.29, 1.82) is 5.26 Å². The van der Waals surface area contributed by atoms with Crippen LogP contribution in [0.25, 0.3) is 0 Å². The van der Waals surface area contributed by atoms with Gasteiger partial charge in [-0.05, 0) is 44.2 Å². The molecule has 0 atom stereocenters. The SMILES string of the molecule is CC(C)(/C=C/C#N)OP(=O)(c1ccccn1)c1ccccn1. The van der Waals surface area contributed by atoms with Gasteiger partial charge < -0.3 is 4.52 Å². The minimum Gasteiger partial charge on any atom is -0.310 e. The lowest BCUT2D eigenvalue weighted by Gasteiger charge is -2.27. The number of nitrogens with zero attached hydrogens (tertiary/aromatic N) is 3. The highest BCUT2D eigenvalue weighted by Crippen LogP contribution is 2.47. The molecule has 112 valence electrons. The van der Waals surface area contributed by atoms with E-state index in [1.165, 1.54) is 6.08 Å². The number of rotatable bonds is 5. The minimum absolute atomic E-state index is 0.326. The third kappa shape index (κ3) is 3.67. The number of hydrogen-bond acceptors (Lipinski definition) is 5. The Kier molecular flexibility index (Phi) is 4.87. The molecule has 0 amide bonds. The van der Waals surface area contributed by atoms with E-state index in [4.69, 9.17) is 9.79 Å². The molecule has 0 aromatic carbocycles. The molecule has 2 heterocycles. The van der Waals surface area contributed by atoms with E-state index in [0.29, 0.717) is 10.9 Å². The Labute approximate surface area is 129 Å². The fourth-order valence-electron chi connectivity index (χ4n) is 1.87. The van der Waals surface area contributed by atoms with Crippen LogP contribution in [0.3, 0.4) is 0 Å². The molecule has 5 nitrogen and oxygen atoms in total. The van der Waals surface area contributed by atoms with Crippen molar-refractivity contribution in [3.05, 3.63) is 60.9 Å². The van der Waals surface area contributed by atoms with Crippen LogP contribution in [0.5, 0.6) is 0 Å². The molecule has 0 aliphatic carbocycles.